The monoisotopic (exact) mass is 415 g/mol. The summed E-state index contributed by atoms with van der Waals surface area (Å²) in [5.41, 5.74) is 2.04. The second-order valence-electron chi connectivity index (χ2n) is 7.42. The van der Waals surface area contributed by atoms with Crippen molar-refractivity contribution in [3.63, 3.8) is 0 Å². The van der Waals surface area contributed by atoms with Gasteiger partial charge in [0.2, 0.25) is 5.95 Å². The minimum atomic E-state index is -0.274. The highest BCUT2D eigenvalue weighted by Crippen LogP contribution is 2.18. The van der Waals surface area contributed by atoms with Crippen molar-refractivity contribution < 1.29 is 4.79 Å². The molecule has 156 valence electrons. The number of nitrogens with zero attached hydrogens (tertiary/aromatic N) is 8. The first-order valence-corrected chi connectivity index (χ1v) is 9.98. The Hall–Kier alpha value is -3.92. The van der Waals surface area contributed by atoms with Crippen LogP contribution in [0.25, 0.3) is 16.6 Å². The van der Waals surface area contributed by atoms with E-state index in [9.17, 15) is 4.79 Å². The van der Waals surface area contributed by atoms with Crippen LogP contribution in [0.4, 0.5) is 11.8 Å². The molecule has 1 fully saturated rings. The smallest absolute Gasteiger partial charge is 0.258 e. The number of likely N-dealkylation sites (N-methyl/N-ethyl adjacent to an activating group) is 1. The zero-order valence-corrected chi connectivity index (χ0v) is 17.0. The Morgan fingerprint density at radius 2 is 1.94 bits per heavy atom. The van der Waals surface area contributed by atoms with Crippen LogP contribution in [-0.4, -0.2) is 73.8 Å². The maximum absolute atomic E-state index is 12.8. The molecule has 4 aromatic rings. The van der Waals surface area contributed by atoms with E-state index in [1.165, 1.54) is 6.33 Å². The Kier molecular flexibility index (Phi) is 4.97. The lowest BCUT2D eigenvalue weighted by atomic mass is 10.2. The number of pyridine rings is 1. The highest BCUT2D eigenvalue weighted by Gasteiger charge is 2.17. The minimum Gasteiger partial charge on any atom is -0.354 e. The van der Waals surface area contributed by atoms with Crippen LogP contribution in [0.5, 0.6) is 0 Å². The van der Waals surface area contributed by atoms with E-state index in [0.29, 0.717) is 11.1 Å². The average Bonchev–Trinajstić information content (AvgIpc) is 3.34. The molecular weight excluding hydrogens is 394 g/mol. The second-order valence-corrected chi connectivity index (χ2v) is 7.42. The van der Waals surface area contributed by atoms with Crippen molar-refractivity contribution in [1.29, 1.82) is 0 Å². The molecule has 0 atom stereocenters. The lowest BCUT2D eigenvalue weighted by Crippen LogP contribution is -2.44. The molecule has 0 saturated carbocycles. The van der Waals surface area contributed by atoms with Crippen LogP contribution in [0.1, 0.15) is 10.4 Å². The molecule has 4 heterocycles. The van der Waals surface area contributed by atoms with Crippen LogP contribution in [-0.2, 0) is 0 Å². The molecule has 1 aliphatic heterocycles. The quantitative estimate of drug-likeness (QED) is 0.536. The molecule has 0 bridgehead atoms. The van der Waals surface area contributed by atoms with Crippen molar-refractivity contribution in [1.82, 2.24) is 34.6 Å². The number of hydrogen-bond acceptors (Lipinski definition) is 8. The third-order valence-electron chi connectivity index (χ3n) is 5.31. The summed E-state index contributed by atoms with van der Waals surface area (Å²) in [4.78, 5) is 34.5. The molecule has 0 spiro atoms. The molecule has 1 saturated heterocycles. The predicted molar refractivity (Wildman–Crippen MR) is 116 cm³/mol. The van der Waals surface area contributed by atoms with E-state index in [1.54, 1.807) is 29.5 Å². The Labute approximate surface area is 178 Å². The number of fused-ring (bicyclic) bond motifs is 1. The van der Waals surface area contributed by atoms with E-state index < -0.39 is 0 Å². The van der Waals surface area contributed by atoms with E-state index >= 15 is 0 Å². The lowest BCUT2D eigenvalue weighted by molar-refractivity contribution is 0.102. The van der Waals surface area contributed by atoms with Crippen LogP contribution in [0, 0.1) is 0 Å². The predicted octanol–water partition coefficient (Wildman–Crippen LogP) is 1.61. The summed E-state index contributed by atoms with van der Waals surface area (Å²) in [6.45, 7) is 3.71. The molecule has 3 aromatic heterocycles. The molecule has 31 heavy (non-hydrogen) atoms. The zero-order chi connectivity index (χ0) is 21.2. The summed E-state index contributed by atoms with van der Waals surface area (Å²) in [6.07, 6.45) is 6.44. The first kappa shape index (κ1) is 19.1. The van der Waals surface area contributed by atoms with Crippen LogP contribution >= 0.6 is 0 Å². The average molecular weight is 415 g/mol. The van der Waals surface area contributed by atoms with Gasteiger partial charge >= 0.3 is 0 Å². The summed E-state index contributed by atoms with van der Waals surface area (Å²) in [5, 5.41) is 7.79. The van der Waals surface area contributed by atoms with Gasteiger partial charge in [0.15, 0.2) is 0 Å². The van der Waals surface area contributed by atoms with Gasteiger partial charge in [-0.1, -0.05) is 0 Å². The molecule has 1 N–H and O–H groups in total. The summed E-state index contributed by atoms with van der Waals surface area (Å²) in [5.74, 6) is 0.772. The van der Waals surface area contributed by atoms with Crippen molar-refractivity contribution in [2.24, 2.45) is 0 Å². The largest absolute Gasteiger partial charge is 0.354 e. The Balaban J connectivity index is 1.35. The van der Waals surface area contributed by atoms with Gasteiger partial charge in [0.25, 0.3) is 5.91 Å². The van der Waals surface area contributed by atoms with Gasteiger partial charge in [0.05, 0.1) is 11.2 Å². The first-order valence-electron chi connectivity index (χ1n) is 9.98. The topological polar surface area (TPSA) is 105 Å². The van der Waals surface area contributed by atoms with E-state index in [0.717, 1.165) is 43.1 Å². The van der Waals surface area contributed by atoms with Crippen molar-refractivity contribution >= 4 is 28.6 Å². The van der Waals surface area contributed by atoms with Crippen molar-refractivity contribution in [3.05, 3.63) is 60.9 Å². The number of hydrogen-bond donors (Lipinski definition) is 1. The van der Waals surface area contributed by atoms with Gasteiger partial charge in [-0.3, -0.25) is 10.1 Å². The summed E-state index contributed by atoms with van der Waals surface area (Å²) in [7, 11) is 2.10. The second kappa shape index (κ2) is 8.07. The van der Waals surface area contributed by atoms with Crippen LogP contribution in [0.2, 0.25) is 0 Å². The SMILES string of the molecule is CN1CCN(c2cc(C(=O)Nc3ncc4ccc(-n5cncn5)cc4n3)ccn2)CC1. The number of carbonyl (C=O) groups excluding carboxylic acids is 1. The highest BCUT2D eigenvalue weighted by atomic mass is 16.1. The fourth-order valence-electron chi connectivity index (χ4n) is 3.50. The molecule has 1 amide bonds. The molecular formula is C21H21N9O. The number of benzene rings is 1. The number of carbonyl (C=O) groups is 1. The molecule has 1 aliphatic rings. The van der Waals surface area contributed by atoms with Gasteiger partial charge in [-0.2, -0.15) is 5.10 Å². The minimum absolute atomic E-state index is 0.242. The highest BCUT2D eigenvalue weighted by molar-refractivity contribution is 6.04. The molecule has 0 radical (unpaired) electrons. The van der Waals surface area contributed by atoms with Crippen LogP contribution in [0.3, 0.4) is 0 Å². The zero-order valence-electron chi connectivity index (χ0n) is 17.0. The molecule has 0 unspecified atom stereocenters. The number of nitrogens with one attached hydrogen (secondary N) is 1. The number of aromatic nitrogens is 6. The maximum Gasteiger partial charge on any atom is 0.258 e. The van der Waals surface area contributed by atoms with Crippen molar-refractivity contribution in [2.45, 2.75) is 0 Å². The van der Waals surface area contributed by atoms with E-state index in [1.807, 2.05) is 24.3 Å². The molecule has 0 aliphatic carbocycles. The van der Waals surface area contributed by atoms with Gasteiger partial charge in [0, 0.05) is 49.5 Å². The number of anilines is 2. The molecule has 10 nitrogen and oxygen atoms in total. The van der Waals surface area contributed by atoms with Gasteiger partial charge in [-0.15, -0.1) is 0 Å². The van der Waals surface area contributed by atoms with Gasteiger partial charge in [0.1, 0.15) is 18.5 Å². The van der Waals surface area contributed by atoms with E-state index in [4.69, 9.17) is 0 Å². The normalized spacial score (nSPS) is 14.7. The number of rotatable bonds is 4. The lowest BCUT2D eigenvalue weighted by Gasteiger charge is -2.33. The third kappa shape index (κ3) is 4.05. The maximum atomic E-state index is 12.8. The Bertz CT molecular complexity index is 1220. The van der Waals surface area contributed by atoms with Crippen molar-refractivity contribution in [2.75, 3.05) is 43.4 Å². The molecule has 1 aromatic carbocycles. The van der Waals surface area contributed by atoms with Gasteiger partial charge in [-0.25, -0.2) is 24.6 Å². The fraction of sp³-hybridized carbons (Fsp3) is 0.238. The van der Waals surface area contributed by atoms with Gasteiger partial charge < -0.3 is 9.80 Å². The van der Waals surface area contributed by atoms with Crippen LogP contribution < -0.4 is 10.2 Å². The standard InChI is InChI=1S/C21H21N9O/c1-28-6-8-29(9-7-28)19-10-15(4-5-23-19)20(31)27-21-24-12-16-2-3-17(11-18(16)26-21)30-14-22-13-25-30/h2-5,10-14H,6-9H2,1H3,(H,24,26,27,31). The molecule has 10 heteroatoms. The number of amides is 1. The summed E-state index contributed by atoms with van der Waals surface area (Å²) < 4.78 is 1.65. The Morgan fingerprint density at radius 1 is 1.06 bits per heavy atom. The van der Waals surface area contributed by atoms with Crippen molar-refractivity contribution in [3.8, 4) is 5.69 Å². The molecule has 5 rings (SSSR count). The summed E-state index contributed by atoms with van der Waals surface area (Å²) >= 11 is 0. The van der Waals surface area contributed by atoms with Crippen LogP contribution in [0.15, 0.2) is 55.4 Å². The van der Waals surface area contributed by atoms with E-state index in [-0.39, 0.29) is 11.9 Å². The Morgan fingerprint density at radius 3 is 2.74 bits per heavy atom. The fourth-order valence-corrected chi connectivity index (χ4v) is 3.50. The van der Waals surface area contributed by atoms with E-state index in [2.05, 4.69) is 47.2 Å². The summed E-state index contributed by atoms with van der Waals surface area (Å²) in [6, 6.07) is 9.20. The third-order valence-corrected chi connectivity index (χ3v) is 5.31. The van der Waals surface area contributed by atoms with Gasteiger partial charge in [-0.05, 0) is 37.4 Å². The first-order chi connectivity index (χ1) is 15.2. The number of piperazine rings is 1.